The van der Waals surface area contributed by atoms with Gasteiger partial charge in [0.1, 0.15) is 0 Å². The van der Waals surface area contributed by atoms with Crippen molar-refractivity contribution in [1.82, 2.24) is 4.90 Å². The third-order valence-corrected chi connectivity index (χ3v) is 3.10. The van der Waals surface area contributed by atoms with Crippen LogP contribution in [-0.4, -0.2) is 29.9 Å². The summed E-state index contributed by atoms with van der Waals surface area (Å²) < 4.78 is 0. The minimum absolute atomic E-state index is 0.196. The number of hydrogen-bond donors (Lipinski definition) is 1. The van der Waals surface area contributed by atoms with Crippen molar-refractivity contribution in [2.45, 2.75) is 45.6 Å². The summed E-state index contributed by atoms with van der Waals surface area (Å²) in [5, 5.41) is 0. The van der Waals surface area contributed by atoms with Crippen LogP contribution < -0.4 is 5.73 Å². The van der Waals surface area contributed by atoms with Gasteiger partial charge in [0.25, 0.3) is 0 Å². The molecule has 1 rings (SSSR count). The van der Waals surface area contributed by atoms with Gasteiger partial charge in [-0.2, -0.15) is 0 Å². The molecule has 1 aliphatic heterocycles. The SMILES string of the molecule is CCC(CC)C(=O)N1CCCC(N)C1. The molecule has 0 aromatic carbocycles. The third-order valence-electron chi connectivity index (χ3n) is 3.10. The van der Waals surface area contributed by atoms with Crippen LogP contribution in [0.3, 0.4) is 0 Å². The Hall–Kier alpha value is -0.570. The lowest BCUT2D eigenvalue weighted by molar-refractivity contribution is -0.136. The number of likely N-dealkylation sites (tertiary alicyclic amines) is 1. The van der Waals surface area contributed by atoms with Crippen LogP contribution in [0.25, 0.3) is 0 Å². The van der Waals surface area contributed by atoms with Crippen LogP contribution in [0, 0.1) is 5.92 Å². The molecule has 1 heterocycles. The molecule has 1 amide bonds. The highest BCUT2D eigenvalue weighted by Gasteiger charge is 2.25. The molecular formula is C11H22N2O. The summed E-state index contributed by atoms with van der Waals surface area (Å²) >= 11 is 0. The molecule has 1 saturated heterocycles. The number of amides is 1. The summed E-state index contributed by atoms with van der Waals surface area (Å²) in [6.45, 7) is 5.82. The standard InChI is InChI=1S/C11H22N2O/c1-3-9(4-2)11(14)13-7-5-6-10(12)8-13/h9-10H,3-8,12H2,1-2H3. The van der Waals surface area contributed by atoms with Crippen LogP contribution in [-0.2, 0) is 4.79 Å². The van der Waals surface area contributed by atoms with Crippen molar-refractivity contribution < 1.29 is 4.79 Å². The summed E-state index contributed by atoms with van der Waals surface area (Å²) in [5.41, 5.74) is 5.85. The van der Waals surface area contributed by atoms with Crippen LogP contribution >= 0.6 is 0 Å². The van der Waals surface area contributed by atoms with Gasteiger partial charge >= 0.3 is 0 Å². The first-order valence-corrected chi connectivity index (χ1v) is 5.73. The van der Waals surface area contributed by atoms with Gasteiger partial charge in [0.2, 0.25) is 5.91 Å². The molecule has 1 fully saturated rings. The van der Waals surface area contributed by atoms with Crippen molar-refractivity contribution in [1.29, 1.82) is 0 Å². The first kappa shape index (κ1) is 11.5. The number of carbonyl (C=O) groups is 1. The normalized spacial score (nSPS) is 22.9. The molecule has 0 aromatic rings. The number of nitrogens with zero attached hydrogens (tertiary/aromatic N) is 1. The van der Waals surface area contributed by atoms with Crippen molar-refractivity contribution in [2.75, 3.05) is 13.1 Å². The third kappa shape index (κ3) is 2.71. The van der Waals surface area contributed by atoms with E-state index in [9.17, 15) is 4.79 Å². The molecule has 1 unspecified atom stereocenters. The van der Waals surface area contributed by atoms with Crippen LogP contribution in [0.15, 0.2) is 0 Å². The molecule has 3 heteroatoms. The molecule has 0 saturated carbocycles. The van der Waals surface area contributed by atoms with E-state index in [1.807, 2.05) is 4.90 Å². The monoisotopic (exact) mass is 198 g/mol. The molecular weight excluding hydrogens is 176 g/mol. The molecule has 2 N–H and O–H groups in total. The number of carbonyl (C=O) groups excluding carboxylic acids is 1. The zero-order valence-electron chi connectivity index (χ0n) is 9.33. The average molecular weight is 198 g/mol. The zero-order chi connectivity index (χ0) is 10.6. The molecule has 0 aliphatic carbocycles. The van der Waals surface area contributed by atoms with Gasteiger partial charge in [0, 0.05) is 25.0 Å². The zero-order valence-corrected chi connectivity index (χ0v) is 9.33. The molecule has 0 radical (unpaired) electrons. The number of rotatable bonds is 3. The molecule has 14 heavy (non-hydrogen) atoms. The quantitative estimate of drug-likeness (QED) is 0.744. The van der Waals surface area contributed by atoms with Crippen LogP contribution in [0.1, 0.15) is 39.5 Å². The molecule has 1 aliphatic rings. The van der Waals surface area contributed by atoms with Gasteiger partial charge in [-0.05, 0) is 25.7 Å². The minimum atomic E-state index is 0.196. The van der Waals surface area contributed by atoms with Gasteiger partial charge in [-0.15, -0.1) is 0 Å². The number of hydrogen-bond acceptors (Lipinski definition) is 2. The highest BCUT2D eigenvalue weighted by molar-refractivity contribution is 5.78. The second-order valence-electron chi connectivity index (χ2n) is 4.20. The predicted octanol–water partition coefficient (Wildman–Crippen LogP) is 1.37. The fourth-order valence-electron chi connectivity index (χ4n) is 2.11. The van der Waals surface area contributed by atoms with Gasteiger partial charge in [-0.1, -0.05) is 13.8 Å². The fraction of sp³-hybridized carbons (Fsp3) is 0.909. The van der Waals surface area contributed by atoms with Crippen LogP contribution in [0.2, 0.25) is 0 Å². The van der Waals surface area contributed by atoms with Gasteiger partial charge in [-0.25, -0.2) is 0 Å². The maximum absolute atomic E-state index is 12.0. The van der Waals surface area contributed by atoms with E-state index in [1.54, 1.807) is 0 Å². The van der Waals surface area contributed by atoms with E-state index in [4.69, 9.17) is 5.73 Å². The van der Waals surface area contributed by atoms with E-state index in [0.29, 0.717) is 5.91 Å². The molecule has 0 bridgehead atoms. The Labute approximate surface area is 86.6 Å². The van der Waals surface area contributed by atoms with E-state index >= 15 is 0 Å². The lowest BCUT2D eigenvalue weighted by atomic mass is 9.99. The van der Waals surface area contributed by atoms with E-state index in [2.05, 4.69) is 13.8 Å². The second kappa shape index (κ2) is 5.35. The Morgan fingerprint density at radius 2 is 2.14 bits per heavy atom. The molecule has 1 atom stereocenters. The summed E-state index contributed by atoms with van der Waals surface area (Å²) in [4.78, 5) is 13.9. The van der Waals surface area contributed by atoms with Crippen molar-refractivity contribution in [3.8, 4) is 0 Å². The van der Waals surface area contributed by atoms with Crippen LogP contribution in [0.5, 0.6) is 0 Å². The molecule has 3 nitrogen and oxygen atoms in total. The summed E-state index contributed by atoms with van der Waals surface area (Å²) in [7, 11) is 0. The smallest absolute Gasteiger partial charge is 0.225 e. The maximum Gasteiger partial charge on any atom is 0.225 e. The Morgan fingerprint density at radius 1 is 1.50 bits per heavy atom. The van der Waals surface area contributed by atoms with Crippen molar-refractivity contribution in [3.63, 3.8) is 0 Å². The highest BCUT2D eigenvalue weighted by Crippen LogP contribution is 2.16. The number of nitrogens with two attached hydrogens (primary N) is 1. The van der Waals surface area contributed by atoms with Gasteiger partial charge in [-0.3, -0.25) is 4.79 Å². The largest absolute Gasteiger partial charge is 0.341 e. The first-order chi connectivity index (χ1) is 6.69. The molecule has 0 aromatic heterocycles. The first-order valence-electron chi connectivity index (χ1n) is 5.73. The summed E-state index contributed by atoms with van der Waals surface area (Å²) in [6, 6.07) is 0.196. The summed E-state index contributed by atoms with van der Waals surface area (Å²) in [5.74, 6) is 0.519. The average Bonchev–Trinajstić information content (AvgIpc) is 2.19. The van der Waals surface area contributed by atoms with E-state index in [-0.39, 0.29) is 12.0 Å². The van der Waals surface area contributed by atoms with Crippen molar-refractivity contribution in [2.24, 2.45) is 11.7 Å². The van der Waals surface area contributed by atoms with E-state index in [1.165, 1.54) is 0 Å². The lowest BCUT2D eigenvalue weighted by Crippen LogP contribution is -2.47. The van der Waals surface area contributed by atoms with Gasteiger partial charge in [0.15, 0.2) is 0 Å². The van der Waals surface area contributed by atoms with Gasteiger partial charge < -0.3 is 10.6 Å². The van der Waals surface area contributed by atoms with Crippen molar-refractivity contribution >= 4 is 5.91 Å². The Kier molecular flexibility index (Phi) is 4.39. The molecule has 82 valence electrons. The van der Waals surface area contributed by atoms with Crippen molar-refractivity contribution in [3.05, 3.63) is 0 Å². The second-order valence-corrected chi connectivity index (χ2v) is 4.20. The Balaban J connectivity index is 2.50. The maximum atomic E-state index is 12.0. The predicted molar refractivity (Wildman–Crippen MR) is 57.9 cm³/mol. The Bertz CT molecular complexity index is 190. The fourth-order valence-corrected chi connectivity index (χ4v) is 2.11. The van der Waals surface area contributed by atoms with Crippen LogP contribution in [0.4, 0.5) is 0 Å². The van der Waals surface area contributed by atoms with E-state index < -0.39 is 0 Å². The lowest BCUT2D eigenvalue weighted by Gasteiger charge is -2.33. The molecule has 0 spiro atoms. The minimum Gasteiger partial charge on any atom is -0.341 e. The Morgan fingerprint density at radius 3 is 2.64 bits per heavy atom. The topological polar surface area (TPSA) is 46.3 Å². The van der Waals surface area contributed by atoms with E-state index in [0.717, 1.165) is 38.8 Å². The number of piperidine rings is 1. The van der Waals surface area contributed by atoms with Gasteiger partial charge in [0.05, 0.1) is 0 Å². The summed E-state index contributed by atoms with van der Waals surface area (Å²) in [6.07, 6.45) is 4.02. The highest BCUT2D eigenvalue weighted by atomic mass is 16.2.